The second kappa shape index (κ2) is 13.9. The van der Waals surface area contributed by atoms with Crippen molar-refractivity contribution in [2.45, 2.75) is 26.6 Å². The van der Waals surface area contributed by atoms with Crippen LogP contribution in [0.1, 0.15) is 27.8 Å². The predicted molar refractivity (Wildman–Crippen MR) is 161 cm³/mol. The van der Waals surface area contributed by atoms with Crippen LogP contribution in [-0.2, 0) is 24.5 Å². The molecular weight excluding hydrogens is 514 g/mol. The van der Waals surface area contributed by atoms with Gasteiger partial charge in [0.25, 0.3) is 0 Å². The fourth-order valence-corrected chi connectivity index (χ4v) is 4.54. The standard InChI is InChI=1S/C34H33N3O4/c1-24-29(12-7-13-32(24)27-10-4-3-5-11-27)21-37(2)31-15-14-28(19-36-20-30(22-38)34(39)40)33(17-31)41-23-26-9-6-8-25(16-26)18-35/h3-17,20,30,38H,19,21-23H2,1-2H3,(H,39,40)/b36-20+. The average molecular weight is 548 g/mol. The fourth-order valence-electron chi connectivity index (χ4n) is 4.54. The summed E-state index contributed by atoms with van der Waals surface area (Å²) in [7, 11) is 2.03. The van der Waals surface area contributed by atoms with E-state index in [1.165, 1.54) is 28.5 Å². The van der Waals surface area contributed by atoms with E-state index in [0.717, 1.165) is 16.8 Å². The molecule has 0 saturated heterocycles. The largest absolute Gasteiger partial charge is 0.488 e. The van der Waals surface area contributed by atoms with Crippen LogP contribution >= 0.6 is 0 Å². The molecule has 7 nitrogen and oxygen atoms in total. The Bertz CT molecular complexity index is 1560. The first kappa shape index (κ1) is 29.1. The van der Waals surface area contributed by atoms with Gasteiger partial charge in [0.15, 0.2) is 0 Å². The van der Waals surface area contributed by atoms with Crippen LogP contribution in [0.25, 0.3) is 11.1 Å². The van der Waals surface area contributed by atoms with Gasteiger partial charge in [-0.15, -0.1) is 0 Å². The van der Waals surface area contributed by atoms with Gasteiger partial charge in [0, 0.05) is 37.1 Å². The highest BCUT2D eigenvalue weighted by Gasteiger charge is 2.14. The van der Waals surface area contributed by atoms with Crippen molar-refractivity contribution in [2.24, 2.45) is 10.9 Å². The molecule has 0 aliphatic carbocycles. The maximum absolute atomic E-state index is 11.2. The highest BCUT2D eigenvalue weighted by molar-refractivity contribution is 5.88. The maximum atomic E-state index is 11.2. The number of nitriles is 1. The molecule has 0 fully saturated rings. The zero-order valence-corrected chi connectivity index (χ0v) is 23.2. The third kappa shape index (κ3) is 7.59. The third-order valence-corrected chi connectivity index (χ3v) is 6.94. The monoisotopic (exact) mass is 547 g/mol. The Morgan fingerprint density at radius 3 is 2.54 bits per heavy atom. The van der Waals surface area contributed by atoms with Crippen LogP contribution in [0.2, 0.25) is 0 Å². The number of aliphatic hydroxyl groups is 1. The Balaban J connectivity index is 1.58. The van der Waals surface area contributed by atoms with E-state index in [1.54, 1.807) is 12.1 Å². The van der Waals surface area contributed by atoms with Crippen LogP contribution in [-0.4, -0.2) is 36.1 Å². The first-order valence-electron chi connectivity index (χ1n) is 13.3. The molecule has 0 spiro atoms. The molecule has 0 bridgehead atoms. The van der Waals surface area contributed by atoms with Crippen molar-refractivity contribution in [2.75, 3.05) is 18.6 Å². The van der Waals surface area contributed by atoms with Gasteiger partial charge in [-0.3, -0.25) is 9.79 Å². The van der Waals surface area contributed by atoms with Crippen LogP contribution in [0.4, 0.5) is 5.69 Å². The molecule has 0 amide bonds. The van der Waals surface area contributed by atoms with Crippen LogP contribution in [0.15, 0.2) is 96.0 Å². The van der Waals surface area contributed by atoms with E-state index in [-0.39, 0.29) is 13.2 Å². The van der Waals surface area contributed by atoms with E-state index in [4.69, 9.17) is 4.74 Å². The normalized spacial score (nSPS) is 11.7. The van der Waals surface area contributed by atoms with Gasteiger partial charge < -0.3 is 19.8 Å². The molecule has 2 N–H and O–H groups in total. The van der Waals surface area contributed by atoms with Gasteiger partial charge in [-0.1, -0.05) is 66.7 Å². The van der Waals surface area contributed by atoms with Crippen LogP contribution < -0.4 is 9.64 Å². The second-order valence-electron chi connectivity index (χ2n) is 9.82. The first-order valence-corrected chi connectivity index (χ1v) is 13.3. The van der Waals surface area contributed by atoms with Crippen molar-refractivity contribution in [3.05, 3.63) is 119 Å². The zero-order chi connectivity index (χ0) is 29.2. The molecule has 208 valence electrons. The lowest BCUT2D eigenvalue weighted by atomic mass is 9.96. The zero-order valence-electron chi connectivity index (χ0n) is 23.2. The third-order valence-electron chi connectivity index (χ3n) is 6.94. The van der Waals surface area contributed by atoms with Gasteiger partial charge in [0.1, 0.15) is 18.3 Å². The summed E-state index contributed by atoms with van der Waals surface area (Å²) in [5.41, 5.74) is 7.96. The van der Waals surface area contributed by atoms with Gasteiger partial charge in [-0.05, 0) is 52.9 Å². The molecule has 0 aliphatic rings. The highest BCUT2D eigenvalue weighted by Crippen LogP contribution is 2.30. The Hall–Kier alpha value is -4.93. The molecule has 41 heavy (non-hydrogen) atoms. The fraction of sp³-hybridized carbons (Fsp3) is 0.206. The van der Waals surface area contributed by atoms with Crippen molar-refractivity contribution in [1.82, 2.24) is 0 Å². The number of ether oxygens (including phenoxy) is 1. The summed E-state index contributed by atoms with van der Waals surface area (Å²) in [6, 6.07) is 32.0. The molecular formula is C34H33N3O4. The van der Waals surface area contributed by atoms with Crippen LogP contribution in [0.3, 0.4) is 0 Å². The van der Waals surface area contributed by atoms with E-state index in [2.05, 4.69) is 53.2 Å². The molecule has 0 saturated carbocycles. The van der Waals surface area contributed by atoms with E-state index >= 15 is 0 Å². The number of carboxylic acid groups (broad SMARTS) is 1. The molecule has 4 rings (SSSR count). The van der Waals surface area contributed by atoms with E-state index in [9.17, 15) is 20.3 Å². The van der Waals surface area contributed by atoms with Crippen molar-refractivity contribution >= 4 is 17.9 Å². The predicted octanol–water partition coefficient (Wildman–Crippen LogP) is 6.01. The number of rotatable bonds is 12. The van der Waals surface area contributed by atoms with Crippen LogP contribution in [0.5, 0.6) is 5.75 Å². The maximum Gasteiger partial charge on any atom is 0.314 e. The molecule has 0 aliphatic heterocycles. The molecule has 7 heteroatoms. The molecule has 0 heterocycles. The first-order chi connectivity index (χ1) is 19.9. The lowest BCUT2D eigenvalue weighted by molar-refractivity contribution is -0.140. The number of benzene rings is 4. The molecule has 1 unspecified atom stereocenters. The number of aliphatic carboxylic acids is 1. The quantitative estimate of drug-likeness (QED) is 0.210. The topological polar surface area (TPSA) is 106 Å². The van der Waals surface area contributed by atoms with Gasteiger partial charge in [0.05, 0.1) is 24.8 Å². The summed E-state index contributed by atoms with van der Waals surface area (Å²) in [5.74, 6) is -1.58. The van der Waals surface area contributed by atoms with E-state index in [0.29, 0.717) is 17.9 Å². The SMILES string of the molecule is Cc1c(CN(C)c2ccc(C/N=C/C(CO)C(=O)O)c(OCc3cccc(C#N)c3)c2)cccc1-c1ccccc1. The summed E-state index contributed by atoms with van der Waals surface area (Å²) < 4.78 is 6.22. The number of nitrogens with zero attached hydrogens (tertiary/aromatic N) is 3. The minimum absolute atomic E-state index is 0.194. The lowest BCUT2D eigenvalue weighted by Crippen LogP contribution is -2.19. The smallest absolute Gasteiger partial charge is 0.314 e. The molecule has 4 aromatic rings. The lowest BCUT2D eigenvalue weighted by Gasteiger charge is -2.23. The Labute approximate surface area is 240 Å². The number of aliphatic hydroxyl groups excluding tert-OH is 1. The van der Waals surface area contributed by atoms with Crippen molar-refractivity contribution in [3.8, 4) is 22.9 Å². The summed E-state index contributed by atoms with van der Waals surface area (Å²) >= 11 is 0. The van der Waals surface area contributed by atoms with Crippen molar-refractivity contribution in [1.29, 1.82) is 5.26 Å². The Morgan fingerprint density at radius 2 is 1.80 bits per heavy atom. The number of carbonyl (C=O) groups is 1. The number of hydrogen-bond acceptors (Lipinski definition) is 6. The summed E-state index contributed by atoms with van der Waals surface area (Å²) in [6.45, 7) is 2.76. The molecule has 0 aromatic heterocycles. The minimum Gasteiger partial charge on any atom is -0.488 e. The van der Waals surface area contributed by atoms with Crippen molar-refractivity contribution < 1.29 is 19.7 Å². The van der Waals surface area contributed by atoms with Crippen molar-refractivity contribution in [3.63, 3.8) is 0 Å². The number of anilines is 1. The van der Waals surface area contributed by atoms with Gasteiger partial charge in [0.2, 0.25) is 0 Å². The number of carboxylic acids is 1. The second-order valence-corrected chi connectivity index (χ2v) is 9.82. The van der Waals surface area contributed by atoms with E-state index in [1.807, 2.05) is 55.6 Å². The van der Waals surface area contributed by atoms with Crippen LogP contribution in [0, 0.1) is 24.2 Å². The van der Waals surface area contributed by atoms with Gasteiger partial charge >= 0.3 is 5.97 Å². The van der Waals surface area contributed by atoms with Gasteiger partial charge in [-0.2, -0.15) is 5.26 Å². The minimum atomic E-state index is -1.13. The number of aliphatic imine (C=N–C) groups is 1. The highest BCUT2D eigenvalue weighted by atomic mass is 16.5. The summed E-state index contributed by atoms with van der Waals surface area (Å²) in [5, 5.41) is 27.7. The molecule has 4 aromatic carbocycles. The van der Waals surface area contributed by atoms with E-state index < -0.39 is 18.5 Å². The molecule has 0 radical (unpaired) electrons. The number of hydrogen-bond donors (Lipinski definition) is 2. The summed E-state index contributed by atoms with van der Waals surface area (Å²) in [4.78, 5) is 17.7. The summed E-state index contributed by atoms with van der Waals surface area (Å²) in [6.07, 6.45) is 1.26. The average Bonchev–Trinajstić information content (AvgIpc) is 3.00. The van der Waals surface area contributed by atoms with Gasteiger partial charge in [-0.25, -0.2) is 0 Å². The Kier molecular flexibility index (Phi) is 9.87. The Morgan fingerprint density at radius 1 is 1.02 bits per heavy atom. The molecule has 1 atom stereocenters.